The predicted octanol–water partition coefficient (Wildman–Crippen LogP) is 5.84. The van der Waals surface area contributed by atoms with E-state index in [0.717, 1.165) is 0 Å². The Morgan fingerprint density at radius 3 is 0.824 bits per heavy atom. The number of nitrogens with one attached hydrogen (secondary N) is 2. The minimum Gasteiger partial charge on any atom is -0.267 e. The summed E-state index contributed by atoms with van der Waals surface area (Å²) in [4.78, 5) is 23.9. The van der Waals surface area contributed by atoms with Crippen molar-refractivity contribution in [1.29, 1.82) is 0 Å². The van der Waals surface area contributed by atoms with Crippen molar-refractivity contribution in [2.45, 2.75) is 24.7 Å². The van der Waals surface area contributed by atoms with Crippen LogP contribution in [0.4, 0.5) is 52.7 Å². The second kappa shape index (κ2) is 8.72. The van der Waals surface area contributed by atoms with E-state index in [9.17, 15) is 62.3 Å². The third-order valence-corrected chi connectivity index (χ3v) is 3.99. The Morgan fingerprint density at radius 1 is 0.441 bits per heavy atom. The van der Waals surface area contributed by atoms with Crippen molar-refractivity contribution in [1.82, 2.24) is 10.9 Å². The van der Waals surface area contributed by atoms with Gasteiger partial charge in [-0.05, 0) is 36.4 Å². The SMILES string of the molecule is O=C(NNC(=O)c1cc(C(F)(F)F)cc(C(F)(F)F)c1)c1cc(C(F)(F)F)cc(C(F)(F)F)c1. The standard InChI is InChI=1S/C18H8F12N2O2/c19-15(20,21)9-1-7(2-10(5-9)16(22,23)24)13(33)31-32-14(34)8-3-11(17(25,26)27)6-12(4-8)18(28,29)30/h1-6H,(H,31,33)(H,32,34). The van der Waals surface area contributed by atoms with Gasteiger partial charge in [-0.3, -0.25) is 20.4 Å². The van der Waals surface area contributed by atoms with E-state index < -0.39 is 69.9 Å². The number of hydrogen-bond acceptors (Lipinski definition) is 2. The fourth-order valence-corrected chi connectivity index (χ4v) is 2.43. The summed E-state index contributed by atoms with van der Waals surface area (Å²) >= 11 is 0. The minimum atomic E-state index is -5.31. The molecule has 2 N–H and O–H groups in total. The zero-order chi connectivity index (χ0) is 26.3. The van der Waals surface area contributed by atoms with E-state index in [1.165, 1.54) is 10.9 Å². The Hall–Kier alpha value is -3.46. The van der Waals surface area contributed by atoms with Gasteiger partial charge >= 0.3 is 24.7 Å². The number of carbonyl (C=O) groups excluding carboxylic acids is 2. The molecule has 2 aromatic rings. The molecule has 2 aromatic carbocycles. The van der Waals surface area contributed by atoms with Crippen molar-refractivity contribution in [2.75, 3.05) is 0 Å². The first-order valence-electron chi connectivity index (χ1n) is 8.39. The fraction of sp³-hybridized carbons (Fsp3) is 0.222. The molecule has 16 heteroatoms. The van der Waals surface area contributed by atoms with Gasteiger partial charge in [-0.2, -0.15) is 52.7 Å². The number of hydrogen-bond donors (Lipinski definition) is 2. The third-order valence-electron chi connectivity index (χ3n) is 3.99. The minimum absolute atomic E-state index is 0.0111. The lowest BCUT2D eigenvalue weighted by atomic mass is 10.0. The topological polar surface area (TPSA) is 58.2 Å². The summed E-state index contributed by atoms with van der Waals surface area (Å²) in [6.45, 7) is 0. The van der Waals surface area contributed by atoms with Crippen LogP contribution in [0.15, 0.2) is 36.4 Å². The fourth-order valence-electron chi connectivity index (χ4n) is 2.43. The first-order valence-corrected chi connectivity index (χ1v) is 8.39. The molecule has 0 aliphatic heterocycles. The number of amides is 2. The van der Waals surface area contributed by atoms with Crippen molar-refractivity contribution in [3.05, 3.63) is 69.8 Å². The van der Waals surface area contributed by atoms with Gasteiger partial charge in [-0.25, -0.2) is 0 Å². The largest absolute Gasteiger partial charge is 0.416 e. The molecule has 0 atom stereocenters. The van der Waals surface area contributed by atoms with E-state index in [1.807, 2.05) is 0 Å². The van der Waals surface area contributed by atoms with E-state index in [2.05, 4.69) is 0 Å². The highest BCUT2D eigenvalue weighted by molar-refractivity contribution is 5.99. The molecule has 0 fully saturated rings. The van der Waals surface area contributed by atoms with E-state index in [0.29, 0.717) is 0 Å². The third kappa shape index (κ3) is 6.54. The Kier molecular flexibility index (Phi) is 6.87. The summed E-state index contributed by atoms with van der Waals surface area (Å²) in [5.74, 6) is -3.54. The highest BCUT2D eigenvalue weighted by Crippen LogP contribution is 2.37. The van der Waals surface area contributed by atoms with Crippen molar-refractivity contribution in [3.8, 4) is 0 Å². The molecule has 0 aliphatic rings. The van der Waals surface area contributed by atoms with Crippen molar-refractivity contribution in [3.63, 3.8) is 0 Å². The molecule has 0 saturated heterocycles. The first-order chi connectivity index (χ1) is 15.2. The van der Waals surface area contributed by atoms with Gasteiger partial charge in [0.15, 0.2) is 0 Å². The first kappa shape index (κ1) is 26.8. The highest BCUT2D eigenvalue weighted by atomic mass is 19.4. The van der Waals surface area contributed by atoms with Gasteiger partial charge in [0.2, 0.25) is 0 Å². The Morgan fingerprint density at radius 2 is 0.647 bits per heavy atom. The van der Waals surface area contributed by atoms with E-state index in [1.54, 1.807) is 0 Å². The lowest BCUT2D eigenvalue weighted by Crippen LogP contribution is -2.42. The Balaban J connectivity index is 2.35. The Labute approximate surface area is 180 Å². The van der Waals surface area contributed by atoms with Crippen LogP contribution >= 0.6 is 0 Å². The molecule has 34 heavy (non-hydrogen) atoms. The number of rotatable bonds is 2. The summed E-state index contributed by atoms with van der Waals surface area (Å²) in [7, 11) is 0. The number of alkyl halides is 12. The zero-order valence-electron chi connectivity index (χ0n) is 15.8. The molecule has 0 aliphatic carbocycles. The maximum atomic E-state index is 12.9. The van der Waals surface area contributed by atoms with Crippen LogP contribution in [0.25, 0.3) is 0 Å². The monoisotopic (exact) mass is 512 g/mol. The molecular formula is C18H8F12N2O2. The van der Waals surface area contributed by atoms with Crippen LogP contribution in [0.3, 0.4) is 0 Å². The second-order valence-corrected chi connectivity index (χ2v) is 6.50. The van der Waals surface area contributed by atoms with Crippen LogP contribution in [0.2, 0.25) is 0 Å². The molecule has 0 bridgehead atoms. The highest BCUT2D eigenvalue weighted by Gasteiger charge is 2.39. The molecular weight excluding hydrogens is 504 g/mol. The molecule has 2 amide bonds. The molecule has 186 valence electrons. The number of hydrazine groups is 1. The maximum absolute atomic E-state index is 12.9. The van der Waals surface area contributed by atoms with Crippen LogP contribution in [0.1, 0.15) is 43.0 Å². The maximum Gasteiger partial charge on any atom is 0.416 e. The summed E-state index contributed by atoms with van der Waals surface area (Å²) in [5.41, 5.74) is -7.38. The van der Waals surface area contributed by atoms with Gasteiger partial charge in [0.25, 0.3) is 11.8 Å². The summed E-state index contributed by atoms with van der Waals surface area (Å²) < 4.78 is 154. The van der Waals surface area contributed by atoms with Crippen LogP contribution < -0.4 is 10.9 Å². The smallest absolute Gasteiger partial charge is 0.267 e. The van der Waals surface area contributed by atoms with Crippen molar-refractivity contribution in [2.24, 2.45) is 0 Å². The van der Waals surface area contributed by atoms with E-state index >= 15 is 0 Å². The predicted molar refractivity (Wildman–Crippen MR) is 87.8 cm³/mol. The van der Waals surface area contributed by atoms with Gasteiger partial charge in [-0.1, -0.05) is 0 Å². The molecule has 4 nitrogen and oxygen atoms in total. The average Bonchev–Trinajstić information content (AvgIpc) is 2.68. The lowest BCUT2D eigenvalue weighted by Gasteiger charge is -2.15. The summed E-state index contributed by atoms with van der Waals surface area (Å²) in [6.07, 6.45) is -21.3. The summed E-state index contributed by atoms with van der Waals surface area (Å²) in [6, 6.07) is -0.635. The number of halogens is 12. The van der Waals surface area contributed by atoms with Gasteiger partial charge in [0.1, 0.15) is 0 Å². The molecule has 0 unspecified atom stereocenters. The van der Waals surface area contributed by atoms with Crippen LogP contribution in [-0.2, 0) is 24.7 Å². The molecule has 0 aromatic heterocycles. The van der Waals surface area contributed by atoms with Gasteiger partial charge in [-0.15, -0.1) is 0 Å². The van der Waals surface area contributed by atoms with Crippen molar-refractivity contribution < 1.29 is 62.3 Å². The number of benzene rings is 2. The molecule has 0 spiro atoms. The molecule has 2 rings (SSSR count). The molecule has 0 heterocycles. The van der Waals surface area contributed by atoms with Gasteiger partial charge in [0, 0.05) is 11.1 Å². The number of carbonyl (C=O) groups is 2. The van der Waals surface area contributed by atoms with Crippen molar-refractivity contribution >= 4 is 11.8 Å². The Bertz CT molecular complexity index is 946. The van der Waals surface area contributed by atoms with Gasteiger partial charge in [0.05, 0.1) is 22.3 Å². The van der Waals surface area contributed by atoms with Crippen LogP contribution in [0, 0.1) is 0 Å². The molecule has 0 radical (unpaired) electrons. The van der Waals surface area contributed by atoms with Crippen LogP contribution in [0.5, 0.6) is 0 Å². The average molecular weight is 512 g/mol. The van der Waals surface area contributed by atoms with Crippen LogP contribution in [-0.4, -0.2) is 11.8 Å². The van der Waals surface area contributed by atoms with E-state index in [4.69, 9.17) is 0 Å². The second-order valence-electron chi connectivity index (χ2n) is 6.50. The van der Waals surface area contributed by atoms with Gasteiger partial charge < -0.3 is 0 Å². The summed E-state index contributed by atoms with van der Waals surface area (Å²) in [5, 5.41) is 0. The lowest BCUT2D eigenvalue weighted by molar-refractivity contribution is -0.144. The quantitative estimate of drug-likeness (QED) is 0.393. The molecule has 0 saturated carbocycles. The zero-order valence-corrected chi connectivity index (χ0v) is 15.8. The van der Waals surface area contributed by atoms with E-state index in [-0.39, 0.29) is 36.4 Å². The normalized spacial score (nSPS) is 12.9.